The van der Waals surface area contributed by atoms with E-state index >= 15 is 0 Å². The Morgan fingerprint density at radius 1 is 1.53 bits per heavy atom. The maximum atomic E-state index is 12.9. The Morgan fingerprint density at radius 2 is 2.21 bits per heavy atom. The van der Waals surface area contributed by atoms with Gasteiger partial charge in [0.15, 0.2) is 0 Å². The number of nitrogens with zero attached hydrogens (tertiary/aromatic N) is 1. The minimum atomic E-state index is -2.73. The van der Waals surface area contributed by atoms with Gasteiger partial charge in [-0.1, -0.05) is 0 Å². The van der Waals surface area contributed by atoms with E-state index in [1.54, 1.807) is 11.8 Å². The lowest BCUT2D eigenvalue weighted by molar-refractivity contribution is -0.385. The third kappa shape index (κ3) is 3.15. The monoisotopic (exact) mass is 288 g/mol. The molecule has 1 fully saturated rings. The normalized spacial score (nSPS) is 16.4. The quantitative estimate of drug-likeness (QED) is 0.638. The first-order chi connectivity index (χ1) is 8.97. The summed E-state index contributed by atoms with van der Waals surface area (Å²) in [5, 5.41) is 13.6. The molecule has 0 aliphatic heterocycles. The van der Waals surface area contributed by atoms with E-state index in [1.807, 2.05) is 6.26 Å². The van der Waals surface area contributed by atoms with Crippen LogP contribution < -0.4 is 5.32 Å². The molecule has 1 aliphatic carbocycles. The highest BCUT2D eigenvalue weighted by molar-refractivity contribution is 8.00. The zero-order valence-corrected chi connectivity index (χ0v) is 11.2. The number of thioether (sulfide) groups is 1. The van der Waals surface area contributed by atoms with Gasteiger partial charge in [0.05, 0.1) is 4.92 Å². The van der Waals surface area contributed by atoms with E-state index in [1.165, 1.54) is 12.1 Å². The number of anilines is 1. The van der Waals surface area contributed by atoms with Crippen LogP contribution in [0, 0.1) is 10.1 Å². The molecule has 1 saturated carbocycles. The molecule has 0 saturated heterocycles. The topological polar surface area (TPSA) is 55.2 Å². The number of nitro benzene ring substituents is 1. The van der Waals surface area contributed by atoms with Crippen LogP contribution in [0.3, 0.4) is 0 Å². The van der Waals surface area contributed by atoms with Crippen molar-refractivity contribution in [2.24, 2.45) is 0 Å². The number of non-ortho nitro benzene ring substituents is 1. The summed E-state index contributed by atoms with van der Waals surface area (Å²) in [5.41, 5.74) is -0.348. The highest BCUT2D eigenvalue weighted by atomic mass is 32.2. The van der Waals surface area contributed by atoms with Gasteiger partial charge in [-0.05, 0) is 25.2 Å². The summed E-state index contributed by atoms with van der Waals surface area (Å²) in [4.78, 5) is 9.93. The summed E-state index contributed by atoms with van der Waals surface area (Å²) in [6.45, 7) is 0.603. The van der Waals surface area contributed by atoms with E-state index in [2.05, 4.69) is 5.32 Å². The maximum absolute atomic E-state index is 12.9. The lowest BCUT2D eigenvalue weighted by Gasteiger charge is -2.16. The van der Waals surface area contributed by atoms with Crippen LogP contribution in [0.5, 0.6) is 0 Å². The van der Waals surface area contributed by atoms with Gasteiger partial charge in [0.2, 0.25) is 0 Å². The van der Waals surface area contributed by atoms with Crippen molar-refractivity contribution in [1.82, 2.24) is 0 Å². The lowest BCUT2D eigenvalue weighted by atomic mass is 10.1. The Bertz CT molecular complexity index is 493. The third-order valence-electron chi connectivity index (χ3n) is 3.32. The minimum absolute atomic E-state index is 0.140. The van der Waals surface area contributed by atoms with Gasteiger partial charge >= 0.3 is 0 Å². The standard InChI is InChI=1S/C12H14F2N2O2S/c1-19-12(4-5-12)7-15-10-3-2-8(16(17)18)6-9(10)11(13)14/h2-3,6,11,15H,4-5,7H2,1H3. The molecule has 19 heavy (non-hydrogen) atoms. The number of nitrogens with one attached hydrogen (secondary N) is 1. The van der Waals surface area contributed by atoms with Crippen molar-refractivity contribution in [1.29, 1.82) is 0 Å². The number of halogens is 2. The van der Waals surface area contributed by atoms with Crippen molar-refractivity contribution in [3.8, 4) is 0 Å². The van der Waals surface area contributed by atoms with E-state index in [-0.39, 0.29) is 21.7 Å². The Labute approximate surface area is 113 Å². The molecular formula is C12H14F2N2O2S. The minimum Gasteiger partial charge on any atom is -0.383 e. The molecule has 1 aromatic carbocycles. The molecule has 0 spiro atoms. The predicted molar refractivity (Wildman–Crippen MR) is 72.0 cm³/mol. The molecular weight excluding hydrogens is 274 g/mol. The average Bonchev–Trinajstić information content (AvgIpc) is 3.16. The van der Waals surface area contributed by atoms with Crippen LogP contribution in [-0.4, -0.2) is 22.5 Å². The van der Waals surface area contributed by atoms with Crippen molar-refractivity contribution in [3.63, 3.8) is 0 Å². The SMILES string of the molecule is CSC1(CNc2ccc([N+](=O)[O-])cc2C(F)F)CC1. The summed E-state index contributed by atoms with van der Waals surface area (Å²) in [5.74, 6) is 0. The molecule has 4 nitrogen and oxygen atoms in total. The highest BCUT2D eigenvalue weighted by Crippen LogP contribution is 2.47. The first-order valence-electron chi connectivity index (χ1n) is 5.83. The summed E-state index contributed by atoms with van der Waals surface area (Å²) in [7, 11) is 0. The van der Waals surface area contributed by atoms with Crippen molar-refractivity contribution in [2.45, 2.75) is 24.0 Å². The number of benzene rings is 1. The summed E-state index contributed by atoms with van der Waals surface area (Å²) >= 11 is 1.72. The maximum Gasteiger partial charge on any atom is 0.270 e. The molecule has 0 heterocycles. The second kappa shape index (κ2) is 5.32. The van der Waals surface area contributed by atoms with Crippen LogP contribution in [0.4, 0.5) is 20.2 Å². The first kappa shape index (κ1) is 14.0. The third-order valence-corrected chi connectivity index (χ3v) is 4.74. The number of hydrogen-bond donors (Lipinski definition) is 1. The van der Waals surface area contributed by atoms with E-state index in [0.717, 1.165) is 18.9 Å². The van der Waals surface area contributed by atoms with Crippen molar-refractivity contribution in [2.75, 3.05) is 18.1 Å². The molecule has 1 N–H and O–H groups in total. The van der Waals surface area contributed by atoms with Gasteiger partial charge in [0.25, 0.3) is 12.1 Å². The smallest absolute Gasteiger partial charge is 0.270 e. The first-order valence-corrected chi connectivity index (χ1v) is 7.05. The Hall–Kier alpha value is -1.37. The molecule has 0 radical (unpaired) electrons. The van der Waals surface area contributed by atoms with Gasteiger partial charge in [-0.25, -0.2) is 8.78 Å². The zero-order valence-electron chi connectivity index (χ0n) is 10.4. The summed E-state index contributed by atoms with van der Waals surface area (Å²) < 4.78 is 26.0. The Morgan fingerprint density at radius 3 is 2.68 bits per heavy atom. The van der Waals surface area contributed by atoms with Gasteiger partial charge in [-0.3, -0.25) is 10.1 Å². The number of alkyl halides is 2. The number of rotatable bonds is 6. The fourth-order valence-corrected chi connectivity index (χ4v) is 2.58. The number of hydrogen-bond acceptors (Lipinski definition) is 4. The van der Waals surface area contributed by atoms with Crippen LogP contribution in [0.1, 0.15) is 24.8 Å². The second-order valence-electron chi connectivity index (χ2n) is 4.57. The largest absolute Gasteiger partial charge is 0.383 e. The molecule has 0 unspecified atom stereocenters. The fourth-order valence-electron chi connectivity index (χ4n) is 1.85. The van der Waals surface area contributed by atoms with Crippen LogP contribution in [0.15, 0.2) is 18.2 Å². The van der Waals surface area contributed by atoms with Gasteiger partial charge in [-0.15, -0.1) is 0 Å². The van der Waals surface area contributed by atoms with E-state index < -0.39 is 11.3 Å². The van der Waals surface area contributed by atoms with E-state index in [4.69, 9.17) is 0 Å². The fraction of sp³-hybridized carbons (Fsp3) is 0.500. The molecule has 0 amide bonds. The van der Waals surface area contributed by atoms with Gasteiger partial charge in [0.1, 0.15) is 0 Å². The van der Waals surface area contributed by atoms with Gasteiger partial charge in [0, 0.05) is 34.7 Å². The lowest BCUT2D eigenvalue weighted by Crippen LogP contribution is -2.18. The molecule has 0 bridgehead atoms. The predicted octanol–water partition coefficient (Wildman–Crippen LogP) is 3.84. The molecule has 104 valence electrons. The van der Waals surface area contributed by atoms with Crippen molar-refractivity contribution in [3.05, 3.63) is 33.9 Å². The van der Waals surface area contributed by atoms with Crippen molar-refractivity contribution < 1.29 is 13.7 Å². The number of nitro groups is 1. The Balaban J connectivity index is 2.17. The van der Waals surface area contributed by atoms with Gasteiger partial charge in [-0.2, -0.15) is 11.8 Å². The molecule has 7 heteroatoms. The second-order valence-corrected chi connectivity index (χ2v) is 5.84. The van der Waals surface area contributed by atoms with Crippen LogP contribution >= 0.6 is 11.8 Å². The van der Waals surface area contributed by atoms with E-state index in [0.29, 0.717) is 6.54 Å². The van der Waals surface area contributed by atoms with Crippen LogP contribution in [0.2, 0.25) is 0 Å². The highest BCUT2D eigenvalue weighted by Gasteiger charge is 2.41. The summed E-state index contributed by atoms with van der Waals surface area (Å²) in [6.07, 6.45) is 1.40. The van der Waals surface area contributed by atoms with Crippen LogP contribution in [0.25, 0.3) is 0 Å². The van der Waals surface area contributed by atoms with Crippen LogP contribution in [-0.2, 0) is 0 Å². The average molecular weight is 288 g/mol. The zero-order chi connectivity index (χ0) is 14.0. The molecule has 0 aromatic heterocycles. The molecule has 0 atom stereocenters. The molecule has 2 rings (SSSR count). The van der Waals surface area contributed by atoms with E-state index in [9.17, 15) is 18.9 Å². The summed E-state index contributed by atoms with van der Waals surface area (Å²) in [6, 6.07) is 3.54. The molecule has 1 aliphatic rings. The van der Waals surface area contributed by atoms with Crippen molar-refractivity contribution >= 4 is 23.1 Å². The Kier molecular flexibility index (Phi) is 3.93. The molecule has 1 aromatic rings. The van der Waals surface area contributed by atoms with Gasteiger partial charge < -0.3 is 5.32 Å².